The maximum Gasteiger partial charge on any atom is 0.354 e. The number of hydrogen-bond acceptors (Lipinski definition) is 3. The highest BCUT2D eigenvalue weighted by Gasteiger charge is 2.10. The lowest BCUT2D eigenvalue weighted by Crippen LogP contribution is -2.05. The molecule has 1 aromatic heterocycles. The molecule has 13 heavy (non-hydrogen) atoms. The molecule has 0 aliphatic rings. The molecule has 0 unspecified atom stereocenters. The molecule has 0 aliphatic heterocycles. The van der Waals surface area contributed by atoms with Crippen LogP contribution in [0.15, 0.2) is 12.1 Å². The van der Waals surface area contributed by atoms with Gasteiger partial charge in [0.15, 0.2) is 5.78 Å². The zero-order chi connectivity index (χ0) is 9.84. The van der Waals surface area contributed by atoms with Gasteiger partial charge in [-0.3, -0.25) is 4.79 Å². The van der Waals surface area contributed by atoms with E-state index in [9.17, 15) is 9.59 Å². The Morgan fingerprint density at radius 2 is 2.00 bits per heavy atom. The SMILES string of the molecule is CCOC(=O)c1ccc(C(C)=O)[nH]1. The van der Waals surface area contributed by atoms with Gasteiger partial charge in [-0.15, -0.1) is 0 Å². The molecule has 1 N–H and O–H groups in total. The first-order valence-electron chi connectivity index (χ1n) is 4.02. The summed E-state index contributed by atoms with van der Waals surface area (Å²) in [5, 5.41) is 0. The van der Waals surface area contributed by atoms with Gasteiger partial charge >= 0.3 is 5.97 Å². The van der Waals surface area contributed by atoms with Gasteiger partial charge in [0, 0.05) is 6.92 Å². The van der Waals surface area contributed by atoms with Crippen LogP contribution in [-0.2, 0) is 4.74 Å². The van der Waals surface area contributed by atoms with Gasteiger partial charge in [-0.1, -0.05) is 0 Å². The Morgan fingerprint density at radius 3 is 2.46 bits per heavy atom. The van der Waals surface area contributed by atoms with Gasteiger partial charge in [0.25, 0.3) is 0 Å². The number of Topliss-reactive ketones (excluding diaryl/α,β-unsaturated/α-hetero) is 1. The summed E-state index contributed by atoms with van der Waals surface area (Å²) in [6.07, 6.45) is 0. The molecule has 1 heterocycles. The van der Waals surface area contributed by atoms with Gasteiger partial charge in [0.05, 0.1) is 12.3 Å². The van der Waals surface area contributed by atoms with E-state index < -0.39 is 5.97 Å². The average Bonchev–Trinajstić information content (AvgIpc) is 2.52. The van der Waals surface area contributed by atoms with Gasteiger partial charge in [-0.2, -0.15) is 0 Å². The van der Waals surface area contributed by atoms with Crippen LogP contribution in [0.5, 0.6) is 0 Å². The summed E-state index contributed by atoms with van der Waals surface area (Å²) in [5.74, 6) is -0.537. The summed E-state index contributed by atoms with van der Waals surface area (Å²) < 4.78 is 4.74. The van der Waals surface area contributed by atoms with Gasteiger partial charge in [-0.25, -0.2) is 4.79 Å². The Labute approximate surface area is 75.9 Å². The Hall–Kier alpha value is -1.58. The normalized spacial score (nSPS) is 9.69. The molecule has 70 valence electrons. The molecule has 0 aromatic carbocycles. The van der Waals surface area contributed by atoms with E-state index >= 15 is 0 Å². The monoisotopic (exact) mass is 181 g/mol. The number of H-pyrrole nitrogens is 1. The van der Waals surface area contributed by atoms with E-state index in [4.69, 9.17) is 4.74 Å². The van der Waals surface area contributed by atoms with Crippen molar-refractivity contribution in [3.8, 4) is 0 Å². The minimum absolute atomic E-state index is 0.101. The first-order chi connectivity index (χ1) is 6.15. The first-order valence-corrected chi connectivity index (χ1v) is 4.02. The van der Waals surface area contributed by atoms with Crippen LogP contribution >= 0.6 is 0 Å². The molecule has 4 nitrogen and oxygen atoms in total. The lowest BCUT2D eigenvalue weighted by molar-refractivity contribution is 0.0520. The molecule has 0 aliphatic carbocycles. The maximum absolute atomic E-state index is 11.1. The molecular formula is C9H11NO3. The van der Waals surface area contributed by atoms with E-state index in [-0.39, 0.29) is 5.78 Å². The van der Waals surface area contributed by atoms with Crippen molar-refractivity contribution in [1.29, 1.82) is 0 Å². The third kappa shape index (κ3) is 2.18. The summed E-state index contributed by atoms with van der Waals surface area (Å²) in [7, 11) is 0. The molecule has 0 amide bonds. The number of aromatic nitrogens is 1. The molecule has 1 aromatic rings. The van der Waals surface area contributed by atoms with E-state index in [1.807, 2.05) is 0 Å². The number of carbonyl (C=O) groups is 2. The van der Waals surface area contributed by atoms with E-state index in [1.54, 1.807) is 13.0 Å². The maximum atomic E-state index is 11.1. The number of nitrogens with one attached hydrogen (secondary N) is 1. The van der Waals surface area contributed by atoms with Gasteiger partial charge in [-0.05, 0) is 19.1 Å². The second-order valence-corrected chi connectivity index (χ2v) is 2.56. The van der Waals surface area contributed by atoms with Crippen LogP contribution in [0.1, 0.15) is 34.8 Å². The molecule has 4 heteroatoms. The molecule has 1 rings (SSSR count). The fourth-order valence-corrected chi connectivity index (χ4v) is 0.928. The lowest BCUT2D eigenvalue weighted by Gasteiger charge is -1.97. The second-order valence-electron chi connectivity index (χ2n) is 2.56. The molecule has 0 fully saturated rings. The second kappa shape index (κ2) is 3.89. The largest absolute Gasteiger partial charge is 0.461 e. The Bertz CT molecular complexity index is 327. The number of ketones is 1. The highest BCUT2D eigenvalue weighted by atomic mass is 16.5. The number of carbonyl (C=O) groups excluding carboxylic acids is 2. The van der Waals surface area contributed by atoms with E-state index in [0.717, 1.165) is 0 Å². The lowest BCUT2D eigenvalue weighted by atomic mass is 10.3. The molecule has 0 radical (unpaired) electrons. The predicted molar refractivity (Wildman–Crippen MR) is 46.8 cm³/mol. The topological polar surface area (TPSA) is 59.2 Å². The predicted octanol–water partition coefficient (Wildman–Crippen LogP) is 1.39. The smallest absolute Gasteiger partial charge is 0.354 e. The highest BCUT2D eigenvalue weighted by molar-refractivity contribution is 5.95. The Balaban J connectivity index is 2.79. The van der Waals surface area contributed by atoms with E-state index in [0.29, 0.717) is 18.0 Å². The quantitative estimate of drug-likeness (QED) is 0.566. The van der Waals surface area contributed by atoms with Gasteiger partial charge in [0.2, 0.25) is 0 Å². The van der Waals surface area contributed by atoms with Crippen LogP contribution in [0.4, 0.5) is 0 Å². The zero-order valence-corrected chi connectivity index (χ0v) is 7.59. The third-order valence-corrected chi connectivity index (χ3v) is 1.56. The highest BCUT2D eigenvalue weighted by Crippen LogP contribution is 2.04. The summed E-state index contributed by atoms with van der Waals surface area (Å²) in [6, 6.07) is 3.10. The number of aromatic amines is 1. The zero-order valence-electron chi connectivity index (χ0n) is 7.59. The molecule has 0 saturated heterocycles. The fourth-order valence-electron chi connectivity index (χ4n) is 0.928. The Kier molecular flexibility index (Phi) is 2.84. The van der Waals surface area contributed by atoms with Crippen LogP contribution in [-0.4, -0.2) is 23.3 Å². The summed E-state index contributed by atoms with van der Waals surface area (Å²) in [6.45, 7) is 3.49. The van der Waals surface area contributed by atoms with Crippen molar-refractivity contribution >= 4 is 11.8 Å². The van der Waals surface area contributed by atoms with E-state index in [1.165, 1.54) is 13.0 Å². The van der Waals surface area contributed by atoms with Crippen molar-refractivity contribution in [2.45, 2.75) is 13.8 Å². The molecule has 0 saturated carbocycles. The molecule has 0 spiro atoms. The van der Waals surface area contributed by atoms with Crippen molar-refractivity contribution < 1.29 is 14.3 Å². The van der Waals surface area contributed by atoms with Crippen molar-refractivity contribution in [3.63, 3.8) is 0 Å². The van der Waals surface area contributed by atoms with Gasteiger partial charge in [0.1, 0.15) is 5.69 Å². The molecular weight excluding hydrogens is 170 g/mol. The minimum atomic E-state index is -0.435. The minimum Gasteiger partial charge on any atom is -0.461 e. The average molecular weight is 181 g/mol. The van der Waals surface area contributed by atoms with Crippen LogP contribution in [0.2, 0.25) is 0 Å². The Morgan fingerprint density at radius 1 is 1.38 bits per heavy atom. The van der Waals surface area contributed by atoms with Crippen LogP contribution in [0.3, 0.4) is 0 Å². The summed E-state index contributed by atoms with van der Waals surface area (Å²) in [4.78, 5) is 24.6. The van der Waals surface area contributed by atoms with E-state index in [2.05, 4.69) is 4.98 Å². The standard InChI is InChI=1S/C9H11NO3/c1-3-13-9(12)8-5-4-7(10-8)6(2)11/h4-5,10H,3H2,1-2H3. The van der Waals surface area contributed by atoms with Crippen LogP contribution in [0.25, 0.3) is 0 Å². The van der Waals surface area contributed by atoms with Crippen molar-refractivity contribution in [2.75, 3.05) is 6.61 Å². The van der Waals surface area contributed by atoms with Crippen molar-refractivity contribution in [3.05, 3.63) is 23.5 Å². The first kappa shape index (κ1) is 9.51. The van der Waals surface area contributed by atoms with Crippen molar-refractivity contribution in [1.82, 2.24) is 4.98 Å². The number of ether oxygens (including phenoxy) is 1. The number of esters is 1. The third-order valence-electron chi connectivity index (χ3n) is 1.56. The van der Waals surface area contributed by atoms with Gasteiger partial charge < -0.3 is 9.72 Å². The number of rotatable bonds is 3. The summed E-state index contributed by atoms with van der Waals surface area (Å²) in [5.41, 5.74) is 0.732. The van der Waals surface area contributed by atoms with Crippen LogP contribution in [0, 0.1) is 0 Å². The summed E-state index contributed by atoms with van der Waals surface area (Å²) >= 11 is 0. The number of hydrogen-bond donors (Lipinski definition) is 1. The molecule has 0 bridgehead atoms. The molecule has 0 atom stereocenters. The fraction of sp³-hybridized carbons (Fsp3) is 0.333. The van der Waals surface area contributed by atoms with Crippen LogP contribution < -0.4 is 0 Å². The van der Waals surface area contributed by atoms with Crippen molar-refractivity contribution in [2.24, 2.45) is 0 Å².